The number of anilines is 1. The molecule has 0 fully saturated rings. The Bertz CT molecular complexity index is 1340. The number of fused-ring (bicyclic) bond motifs is 1. The summed E-state index contributed by atoms with van der Waals surface area (Å²) in [5.41, 5.74) is 6.27. The van der Waals surface area contributed by atoms with E-state index in [9.17, 15) is 18.5 Å². The Balaban J connectivity index is 1.68. The highest BCUT2D eigenvalue weighted by Gasteiger charge is 2.26. The normalized spacial score (nSPS) is 15.0. The summed E-state index contributed by atoms with van der Waals surface area (Å²) in [7, 11) is -1.05. The summed E-state index contributed by atoms with van der Waals surface area (Å²) in [6.45, 7) is 3.80. The lowest BCUT2D eigenvalue weighted by Gasteiger charge is -2.10. The summed E-state index contributed by atoms with van der Waals surface area (Å²) >= 11 is 0. The maximum atomic E-state index is 14.1. The molecule has 0 unspecified atom stereocenters. The molecule has 0 bridgehead atoms. The third kappa shape index (κ3) is 4.81. The fraction of sp³-hybridized carbons (Fsp3) is 0.148. The molecule has 2 N–H and O–H groups in total. The van der Waals surface area contributed by atoms with E-state index in [-0.39, 0.29) is 23.9 Å². The number of halogens is 1. The molecule has 6 heteroatoms. The van der Waals surface area contributed by atoms with Crippen LogP contribution in [0, 0.1) is 12.7 Å². The van der Waals surface area contributed by atoms with E-state index in [2.05, 4.69) is 5.32 Å². The molecular weight excluding hydrogens is 437 g/mol. The number of allylic oxidation sites excluding steroid dienone is 2. The van der Waals surface area contributed by atoms with Gasteiger partial charge in [0, 0.05) is 22.0 Å². The number of aryl methyl sites for hydroxylation is 1. The maximum Gasteiger partial charge on any atom is 0.228 e. The number of nitrogens with one attached hydrogen (secondary N) is 1. The lowest BCUT2D eigenvalue weighted by atomic mass is 10.0. The number of hydrogen-bond donors (Lipinski definition) is 2. The third-order valence-corrected chi connectivity index (χ3v) is 6.68. The highest BCUT2D eigenvalue weighted by molar-refractivity contribution is 7.84. The van der Waals surface area contributed by atoms with Crippen molar-refractivity contribution in [1.29, 1.82) is 0 Å². The quantitative estimate of drug-likeness (QED) is 0.463. The summed E-state index contributed by atoms with van der Waals surface area (Å²) in [6.07, 6.45) is 3.67. The molecule has 0 aliphatic heterocycles. The molecule has 3 aromatic carbocycles. The molecule has 3 aromatic rings. The van der Waals surface area contributed by atoms with E-state index < -0.39 is 10.8 Å². The van der Waals surface area contributed by atoms with Gasteiger partial charge in [0.05, 0.1) is 12.1 Å². The fourth-order valence-electron chi connectivity index (χ4n) is 4.01. The van der Waals surface area contributed by atoms with Gasteiger partial charge in [0.1, 0.15) is 11.6 Å². The average Bonchev–Trinajstić information content (AvgIpc) is 3.01. The van der Waals surface area contributed by atoms with Gasteiger partial charge in [-0.3, -0.25) is 9.00 Å². The van der Waals surface area contributed by atoms with E-state index in [1.54, 1.807) is 24.5 Å². The lowest BCUT2D eigenvalue weighted by Crippen LogP contribution is -2.12. The molecule has 0 heterocycles. The first-order valence-electron chi connectivity index (χ1n) is 10.5. The Kier molecular flexibility index (Phi) is 6.29. The Morgan fingerprint density at radius 2 is 1.76 bits per heavy atom. The van der Waals surface area contributed by atoms with E-state index >= 15 is 0 Å². The van der Waals surface area contributed by atoms with Gasteiger partial charge in [-0.05, 0) is 95.3 Å². The van der Waals surface area contributed by atoms with Crippen molar-refractivity contribution in [3.63, 3.8) is 0 Å². The van der Waals surface area contributed by atoms with Crippen LogP contribution in [0.4, 0.5) is 10.1 Å². The van der Waals surface area contributed by atoms with E-state index in [1.807, 2.05) is 44.2 Å². The molecule has 0 radical (unpaired) electrons. The number of carbonyl (C=O) groups excluding carboxylic acids is 1. The van der Waals surface area contributed by atoms with Crippen molar-refractivity contribution in [2.45, 2.75) is 25.2 Å². The van der Waals surface area contributed by atoms with Gasteiger partial charge in [0.2, 0.25) is 5.91 Å². The second kappa shape index (κ2) is 9.16. The smallest absolute Gasteiger partial charge is 0.228 e. The van der Waals surface area contributed by atoms with Crippen molar-refractivity contribution in [2.24, 2.45) is 0 Å². The third-order valence-electron chi connectivity index (χ3n) is 5.74. The van der Waals surface area contributed by atoms with Crippen LogP contribution in [0.25, 0.3) is 17.2 Å². The van der Waals surface area contributed by atoms with Gasteiger partial charge in [-0.1, -0.05) is 24.3 Å². The Morgan fingerprint density at radius 3 is 2.45 bits per heavy atom. The molecule has 0 aromatic heterocycles. The summed E-state index contributed by atoms with van der Waals surface area (Å²) in [5, 5.41) is 12.8. The molecular formula is C27H24FNO3S. The average molecular weight is 462 g/mol. The van der Waals surface area contributed by atoms with Gasteiger partial charge in [-0.25, -0.2) is 4.39 Å². The van der Waals surface area contributed by atoms with Gasteiger partial charge >= 0.3 is 0 Å². The minimum atomic E-state index is -1.05. The molecule has 1 atom stereocenters. The number of phenolic OH excluding ortho intramolecular Hbond substituents is 1. The van der Waals surface area contributed by atoms with Gasteiger partial charge in [0.15, 0.2) is 0 Å². The minimum absolute atomic E-state index is 0.00504. The molecule has 1 aliphatic carbocycles. The van der Waals surface area contributed by atoms with Crippen molar-refractivity contribution in [3.05, 3.63) is 94.3 Å². The van der Waals surface area contributed by atoms with Crippen molar-refractivity contribution >= 4 is 39.6 Å². The number of aromatic hydroxyl groups is 1. The van der Waals surface area contributed by atoms with Crippen LogP contribution >= 0.6 is 0 Å². The van der Waals surface area contributed by atoms with Crippen molar-refractivity contribution < 1.29 is 18.5 Å². The van der Waals surface area contributed by atoms with Gasteiger partial charge in [-0.2, -0.15) is 0 Å². The van der Waals surface area contributed by atoms with Crippen LogP contribution in [-0.4, -0.2) is 21.5 Å². The van der Waals surface area contributed by atoms with E-state index in [0.717, 1.165) is 38.3 Å². The van der Waals surface area contributed by atoms with Crippen molar-refractivity contribution in [1.82, 2.24) is 0 Å². The zero-order valence-corrected chi connectivity index (χ0v) is 19.4. The number of phenols is 1. The molecule has 33 heavy (non-hydrogen) atoms. The summed E-state index contributed by atoms with van der Waals surface area (Å²) in [4.78, 5) is 13.6. The fourth-order valence-corrected chi connectivity index (χ4v) is 4.53. The van der Waals surface area contributed by atoms with E-state index in [4.69, 9.17) is 0 Å². The van der Waals surface area contributed by atoms with Crippen LogP contribution in [0.5, 0.6) is 5.75 Å². The SMILES string of the molecule is CC1=C(CC(=O)Nc2cc(C)ccc2O)c2cc(F)ccc2/C1=C/c1ccc([S@](C)=O)cc1. The summed E-state index contributed by atoms with van der Waals surface area (Å²) in [5.74, 6) is -0.669. The van der Waals surface area contributed by atoms with Gasteiger partial charge in [0.25, 0.3) is 0 Å². The number of carbonyl (C=O) groups is 1. The van der Waals surface area contributed by atoms with E-state index in [0.29, 0.717) is 11.3 Å². The largest absolute Gasteiger partial charge is 0.506 e. The monoisotopic (exact) mass is 461 g/mol. The zero-order valence-electron chi connectivity index (χ0n) is 18.6. The molecule has 1 amide bonds. The molecule has 1 aliphatic rings. The second-order valence-corrected chi connectivity index (χ2v) is 9.50. The highest BCUT2D eigenvalue weighted by Crippen LogP contribution is 2.44. The van der Waals surface area contributed by atoms with Crippen LogP contribution in [0.2, 0.25) is 0 Å². The van der Waals surface area contributed by atoms with Crippen molar-refractivity contribution in [2.75, 3.05) is 11.6 Å². The second-order valence-electron chi connectivity index (χ2n) is 8.12. The number of rotatable bonds is 5. The van der Waals surface area contributed by atoms with Gasteiger partial charge < -0.3 is 10.4 Å². The van der Waals surface area contributed by atoms with Crippen LogP contribution in [-0.2, 0) is 15.6 Å². The van der Waals surface area contributed by atoms with Crippen LogP contribution in [0.15, 0.2) is 71.1 Å². The number of benzene rings is 3. The van der Waals surface area contributed by atoms with Crippen molar-refractivity contribution in [3.8, 4) is 5.75 Å². The first kappa shape index (κ1) is 22.7. The first-order valence-corrected chi connectivity index (χ1v) is 12.0. The Hall–Kier alpha value is -3.51. The molecule has 0 saturated heterocycles. The van der Waals surface area contributed by atoms with Gasteiger partial charge in [-0.15, -0.1) is 0 Å². The molecule has 0 spiro atoms. The number of amides is 1. The summed E-state index contributed by atoms with van der Waals surface area (Å²) in [6, 6.07) is 17.0. The zero-order chi connectivity index (χ0) is 23.7. The Morgan fingerprint density at radius 1 is 1.03 bits per heavy atom. The maximum absolute atomic E-state index is 14.1. The predicted molar refractivity (Wildman–Crippen MR) is 132 cm³/mol. The molecule has 168 valence electrons. The first-order chi connectivity index (χ1) is 15.7. The Labute approximate surface area is 194 Å². The summed E-state index contributed by atoms with van der Waals surface area (Å²) < 4.78 is 25.8. The molecule has 4 nitrogen and oxygen atoms in total. The molecule has 0 saturated carbocycles. The lowest BCUT2D eigenvalue weighted by molar-refractivity contribution is -0.115. The predicted octanol–water partition coefficient (Wildman–Crippen LogP) is 5.93. The standard InChI is InChI=1S/C27H24FNO3S/c1-16-4-11-26(30)25(12-16)29-27(31)15-23-17(2)22(21-10-7-19(28)14-24(21)23)13-18-5-8-20(9-6-18)33(3)32/h4-14,30H,15H2,1-3H3,(H,29,31)/b22-13+/t33-/m0/s1. The van der Waals surface area contributed by atoms with Crippen LogP contribution in [0.3, 0.4) is 0 Å². The van der Waals surface area contributed by atoms with Crippen LogP contribution in [0.1, 0.15) is 35.6 Å². The minimum Gasteiger partial charge on any atom is -0.506 e. The number of hydrogen-bond acceptors (Lipinski definition) is 3. The van der Waals surface area contributed by atoms with E-state index in [1.165, 1.54) is 18.2 Å². The molecule has 4 rings (SSSR count). The topological polar surface area (TPSA) is 66.4 Å². The highest BCUT2D eigenvalue weighted by atomic mass is 32.2. The van der Waals surface area contributed by atoms with Crippen LogP contribution < -0.4 is 5.32 Å².